The zero-order chi connectivity index (χ0) is 23.2. The molecular formula is C17H24F2N2O8S. The molecule has 0 aromatic heterocycles. The molecule has 1 aliphatic carbocycles. The normalized spacial score (nSPS) is 30.0. The second-order valence-electron chi connectivity index (χ2n) is 7.56. The Morgan fingerprint density at radius 1 is 1.40 bits per heavy atom. The molecule has 10 nitrogen and oxygen atoms in total. The first-order chi connectivity index (χ1) is 13.6. The molecule has 1 saturated heterocycles. The van der Waals surface area contributed by atoms with Gasteiger partial charge in [0, 0.05) is 12.3 Å². The van der Waals surface area contributed by atoms with Gasteiger partial charge >= 0.3 is 27.3 Å². The van der Waals surface area contributed by atoms with Crippen molar-refractivity contribution in [3.63, 3.8) is 0 Å². The first-order valence-electron chi connectivity index (χ1n) is 9.28. The Morgan fingerprint density at radius 3 is 2.43 bits per heavy atom. The number of alkyl halides is 2. The number of amidine groups is 1. The Morgan fingerprint density at radius 2 is 1.97 bits per heavy atom. The Kier molecular flexibility index (Phi) is 6.57. The number of carbonyl (C=O) groups excluding carboxylic acids is 3. The summed E-state index contributed by atoms with van der Waals surface area (Å²) < 4.78 is 68.0. The molecule has 1 heterocycles. The number of rotatable bonds is 6. The standard InChI is InChI=1S/C17H24F2N2O8S/c1-5-11(22)29-14-10-6-7(2)13(14)21(9(4)20)15(23)12(10)16(24)28-8(3)17(18,19)30(25,26)27/h7-8,10,12-14,20H,5-6H2,1-4H3,(H,25,26,27). The number of fused-ring (bicyclic) bond motifs is 2. The molecule has 0 spiro atoms. The number of hydrogen-bond acceptors (Lipinski definition) is 8. The Labute approximate surface area is 172 Å². The van der Waals surface area contributed by atoms with Gasteiger partial charge in [0.05, 0.1) is 11.9 Å². The van der Waals surface area contributed by atoms with E-state index in [0.717, 1.165) is 4.90 Å². The van der Waals surface area contributed by atoms with Crippen LogP contribution < -0.4 is 0 Å². The van der Waals surface area contributed by atoms with E-state index in [-0.39, 0.29) is 24.6 Å². The largest absolute Gasteiger partial charge is 0.460 e. The van der Waals surface area contributed by atoms with Crippen molar-refractivity contribution >= 4 is 33.8 Å². The van der Waals surface area contributed by atoms with Crippen molar-refractivity contribution in [2.24, 2.45) is 17.8 Å². The number of likely N-dealkylation sites (tertiary alicyclic amines) is 1. The molecule has 30 heavy (non-hydrogen) atoms. The molecular weight excluding hydrogens is 430 g/mol. The molecule has 2 rings (SSSR count). The summed E-state index contributed by atoms with van der Waals surface area (Å²) in [5, 5.41) is 3.12. The fourth-order valence-corrected chi connectivity index (χ4v) is 4.54. The van der Waals surface area contributed by atoms with Crippen LogP contribution in [0.5, 0.6) is 0 Å². The molecule has 0 radical (unpaired) electrons. The first kappa shape index (κ1) is 24.1. The lowest BCUT2D eigenvalue weighted by Gasteiger charge is -2.42. The lowest BCUT2D eigenvalue weighted by molar-refractivity contribution is -0.180. The van der Waals surface area contributed by atoms with Crippen LogP contribution in [0.25, 0.3) is 0 Å². The van der Waals surface area contributed by atoms with Crippen LogP contribution >= 0.6 is 0 Å². The van der Waals surface area contributed by atoms with Crippen LogP contribution in [0, 0.1) is 23.2 Å². The van der Waals surface area contributed by atoms with Gasteiger partial charge in [-0.15, -0.1) is 0 Å². The van der Waals surface area contributed by atoms with Gasteiger partial charge in [-0.1, -0.05) is 13.8 Å². The molecule has 2 N–H and O–H groups in total. The molecule has 6 atom stereocenters. The molecule has 6 unspecified atom stereocenters. The first-order valence-corrected chi connectivity index (χ1v) is 10.7. The van der Waals surface area contributed by atoms with Crippen LogP contribution in [-0.4, -0.2) is 65.1 Å². The van der Waals surface area contributed by atoms with Crippen molar-refractivity contribution < 1.29 is 45.6 Å². The predicted octanol–water partition coefficient (Wildman–Crippen LogP) is 1.20. The van der Waals surface area contributed by atoms with Gasteiger partial charge in [-0.3, -0.25) is 29.2 Å². The topological polar surface area (TPSA) is 151 Å². The molecule has 13 heteroatoms. The van der Waals surface area contributed by atoms with E-state index in [0.29, 0.717) is 6.92 Å². The van der Waals surface area contributed by atoms with Gasteiger partial charge in [0.15, 0.2) is 6.10 Å². The van der Waals surface area contributed by atoms with E-state index in [4.69, 9.17) is 14.7 Å². The van der Waals surface area contributed by atoms with Crippen LogP contribution in [0.2, 0.25) is 0 Å². The minimum absolute atomic E-state index is 0.0224. The minimum Gasteiger partial charge on any atom is -0.460 e. The summed E-state index contributed by atoms with van der Waals surface area (Å²) in [7, 11) is -5.87. The second kappa shape index (κ2) is 8.17. The third kappa shape index (κ3) is 4.04. The van der Waals surface area contributed by atoms with Crippen molar-refractivity contribution in [3.8, 4) is 0 Å². The molecule has 1 saturated carbocycles. The molecule has 0 aromatic rings. The van der Waals surface area contributed by atoms with Gasteiger partial charge < -0.3 is 9.47 Å². The van der Waals surface area contributed by atoms with E-state index in [2.05, 4.69) is 4.74 Å². The SMILES string of the molecule is CCC(=O)OC1C2CC(C)C1N(C(C)=N)C(=O)C2C(=O)OC(C)C(F)(F)S(=O)(=O)O. The van der Waals surface area contributed by atoms with Gasteiger partial charge in [0.2, 0.25) is 5.91 Å². The summed E-state index contributed by atoms with van der Waals surface area (Å²) in [4.78, 5) is 38.5. The number of piperidine rings is 1. The van der Waals surface area contributed by atoms with Crippen LogP contribution in [0.4, 0.5) is 8.78 Å². The van der Waals surface area contributed by atoms with Crippen molar-refractivity contribution in [1.29, 1.82) is 5.41 Å². The smallest absolute Gasteiger partial charge is 0.405 e. The molecule has 170 valence electrons. The zero-order valence-corrected chi connectivity index (χ0v) is 17.6. The summed E-state index contributed by atoms with van der Waals surface area (Å²) >= 11 is 0. The van der Waals surface area contributed by atoms with Gasteiger partial charge in [-0.05, 0) is 26.2 Å². The number of esters is 2. The average Bonchev–Trinajstić information content (AvgIpc) is 2.83. The third-order valence-corrected chi connectivity index (χ3v) is 6.52. The Balaban J connectivity index is 2.40. The summed E-state index contributed by atoms with van der Waals surface area (Å²) in [6.07, 6.45) is -3.31. The highest BCUT2D eigenvalue weighted by atomic mass is 32.2. The highest BCUT2D eigenvalue weighted by molar-refractivity contribution is 7.86. The second-order valence-corrected chi connectivity index (χ2v) is 9.06. The lowest BCUT2D eigenvalue weighted by atomic mass is 9.83. The van der Waals surface area contributed by atoms with Gasteiger partial charge in [0.1, 0.15) is 12.0 Å². The highest BCUT2D eigenvalue weighted by Crippen LogP contribution is 2.47. The number of carbonyl (C=O) groups is 3. The molecule has 2 aliphatic rings. The zero-order valence-electron chi connectivity index (χ0n) is 16.8. The summed E-state index contributed by atoms with van der Waals surface area (Å²) in [6, 6.07) is -0.698. The molecule has 1 amide bonds. The fraction of sp³-hybridized carbons (Fsp3) is 0.765. The number of amides is 1. The predicted molar refractivity (Wildman–Crippen MR) is 97.0 cm³/mol. The number of halogens is 2. The van der Waals surface area contributed by atoms with Gasteiger partial charge in [-0.2, -0.15) is 17.2 Å². The molecule has 0 aromatic carbocycles. The van der Waals surface area contributed by atoms with E-state index in [1.165, 1.54) is 6.92 Å². The van der Waals surface area contributed by atoms with Crippen molar-refractivity contribution in [2.75, 3.05) is 0 Å². The van der Waals surface area contributed by atoms with E-state index in [1.807, 2.05) is 0 Å². The number of hydrogen-bond donors (Lipinski definition) is 2. The maximum atomic E-state index is 13.8. The van der Waals surface area contributed by atoms with Crippen molar-refractivity contribution in [2.45, 2.75) is 64.0 Å². The fourth-order valence-electron chi connectivity index (χ4n) is 4.07. The monoisotopic (exact) mass is 454 g/mol. The average molecular weight is 454 g/mol. The maximum absolute atomic E-state index is 13.8. The van der Waals surface area contributed by atoms with Crippen LogP contribution in [0.15, 0.2) is 0 Å². The Hall–Kier alpha value is -2.15. The van der Waals surface area contributed by atoms with Crippen molar-refractivity contribution in [1.82, 2.24) is 4.90 Å². The minimum atomic E-state index is -5.87. The van der Waals surface area contributed by atoms with Crippen LogP contribution in [0.3, 0.4) is 0 Å². The summed E-state index contributed by atoms with van der Waals surface area (Å²) in [5.74, 6) is -6.00. The van der Waals surface area contributed by atoms with Crippen molar-refractivity contribution in [3.05, 3.63) is 0 Å². The van der Waals surface area contributed by atoms with Crippen LogP contribution in [-0.2, 0) is 34.0 Å². The molecule has 2 bridgehead atoms. The summed E-state index contributed by atoms with van der Waals surface area (Å²) in [5.41, 5.74) is 0. The summed E-state index contributed by atoms with van der Waals surface area (Å²) in [6.45, 7) is 5.14. The van der Waals surface area contributed by atoms with E-state index >= 15 is 0 Å². The highest BCUT2D eigenvalue weighted by Gasteiger charge is 2.61. The van der Waals surface area contributed by atoms with Gasteiger partial charge in [-0.25, -0.2) is 0 Å². The third-order valence-electron chi connectivity index (χ3n) is 5.50. The van der Waals surface area contributed by atoms with Gasteiger partial charge in [0.25, 0.3) is 0 Å². The van der Waals surface area contributed by atoms with E-state index in [1.54, 1.807) is 13.8 Å². The molecule has 1 aliphatic heterocycles. The van der Waals surface area contributed by atoms with E-state index in [9.17, 15) is 31.6 Å². The van der Waals surface area contributed by atoms with E-state index < -0.39 is 63.3 Å². The lowest BCUT2D eigenvalue weighted by Crippen LogP contribution is -2.61. The number of nitrogens with zero attached hydrogens (tertiary/aromatic N) is 1. The molecule has 2 fully saturated rings. The Bertz CT molecular complexity index is 862. The van der Waals surface area contributed by atoms with Crippen LogP contribution in [0.1, 0.15) is 40.5 Å². The maximum Gasteiger partial charge on any atom is 0.405 e. The quantitative estimate of drug-likeness (QED) is 0.200. The number of nitrogens with one attached hydrogen (secondary N) is 1. The number of ether oxygens (including phenoxy) is 2.